The molecule has 19 heavy (non-hydrogen) atoms. The zero-order valence-corrected chi connectivity index (χ0v) is 13.6. The molecule has 0 spiro atoms. The maximum Gasteiger partial charge on any atom is 0.466 e. The standard InChI is InChI=1S/C9H21O3PS.H3O4P/c1-2-3-4-5-6-7-8-9-12-13(10,11)14;1-5(2,3)4/h2-9H2,1H3,(H2,10,11,14);(H3,1,2,3,4). The van der Waals surface area contributed by atoms with Crippen LogP contribution in [0.4, 0.5) is 0 Å². The van der Waals surface area contributed by atoms with Crippen molar-refractivity contribution in [1.82, 2.24) is 0 Å². The van der Waals surface area contributed by atoms with Crippen molar-refractivity contribution >= 4 is 26.3 Å². The molecule has 0 aliphatic rings. The van der Waals surface area contributed by atoms with E-state index in [1.807, 2.05) is 0 Å². The molecule has 0 aromatic heterocycles. The Morgan fingerprint density at radius 2 is 1.26 bits per heavy atom. The van der Waals surface area contributed by atoms with Gasteiger partial charge in [-0.05, 0) is 18.2 Å². The third kappa shape index (κ3) is 38.1. The molecule has 118 valence electrons. The van der Waals surface area contributed by atoms with E-state index < -0.39 is 14.5 Å². The Kier molecular flexibility index (Phi) is 14.3. The van der Waals surface area contributed by atoms with Crippen LogP contribution < -0.4 is 0 Å². The lowest BCUT2D eigenvalue weighted by Crippen LogP contribution is -1.91. The van der Waals surface area contributed by atoms with E-state index in [1.165, 1.54) is 32.1 Å². The van der Waals surface area contributed by atoms with Gasteiger partial charge in [0.25, 0.3) is 0 Å². The van der Waals surface area contributed by atoms with E-state index in [0.29, 0.717) is 6.61 Å². The fraction of sp³-hybridized carbons (Fsp3) is 1.00. The lowest BCUT2D eigenvalue weighted by molar-refractivity contribution is 0.245. The summed E-state index contributed by atoms with van der Waals surface area (Å²) < 4.78 is 13.6. The monoisotopic (exact) mass is 338 g/mol. The first-order chi connectivity index (χ1) is 8.56. The predicted octanol–water partition coefficient (Wildman–Crippen LogP) is 2.03. The first kappa shape index (κ1) is 21.9. The van der Waals surface area contributed by atoms with Crippen LogP contribution in [-0.2, 0) is 20.9 Å². The molecule has 0 unspecified atom stereocenters. The van der Waals surface area contributed by atoms with E-state index in [9.17, 15) is 0 Å². The van der Waals surface area contributed by atoms with Crippen molar-refractivity contribution in [2.75, 3.05) is 6.61 Å². The summed E-state index contributed by atoms with van der Waals surface area (Å²) >= 11 is 4.32. The molecule has 0 saturated carbocycles. The van der Waals surface area contributed by atoms with E-state index >= 15 is 0 Å². The molecule has 0 radical (unpaired) electrons. The molecule has 0 aliphatic carbocycles. The molecular weight excluding hydrogens is 314 g/mol. The van der Waals surface area contributed by atoms with Crippen LogP contribution in [0.1, 0.15) is 51.9 Å². The van der Waals surface area contributed by atoms with Crippen LogP contribution in [0.5, 0.6) is 0 Å². The highest BCUT2D eigenvalue weighted by Gasteiger charge is 2.05. The average Bonchev–Trinajstić information content (AvgIpc) is 2.18. The second-order valence-corrected chi connectivity index (χ2v) is 7.65. The van der Waals surface area contributed by atoms with Gasteiger partial charge in [-0.15, -0.1) is 0 Å². The maximum atomic E-state index is 8.88. The highest BCUT2D eigenvalue weighted by molar-refractivity contribution is 8.06. The summed E-state index contributed by atoms with van der Waals surface area (Å²) in [6.45, 7) is -0.828. The summed E-state index contributed by atoms with van der Waals surface area (Å²) in [5.74, 6) is 0. The van der Waals surface area contributed by atoms with Gasteiger partial charge in [-0.25, -0.2) is 4.57 Å². The minimum atomic E-state index is -4.64. The molecule has 0 aliphatic heterocycles. The molecule has 10 heteroatoms. The van der Waals surface area contributed by atoms with Gasteiger partial charge in [0, 0.05) is 0 Å². The Morgan fingerprint density at radius 1 is 0.895 bits per heavy atom. The van der Waals surface area contributed by atoms with E-state index in [0.717, 1.165) is 12.8 Å². The topological polar surface area (TPSA) is 127 Å². The third-order valence-electron chi connectivity index (χ3n) is 2.01. The van der Waals surface area contributed by atoms with Crippen molar-refractivity contribution in [1.29, 1.82) is 0 Å². The van der Waals surface area contributed by atoms with E-state index in [4.69, 9.17) is 33.6 Å². The van der Waals surface area contributed by atoms with Crippen molar-refractivity contribution in [3.63, 3.8) is 0 Å². The SMILES string of the molecule is CCCCCCCCCOP(O)(O)=S.O=P(O)(O)O. The fourth-order valence-electron chi connectivity index (χ4n) is 1.24. The van der Waals surface area contributed by atoms with Gasteiger partial charge in [0.2, 0.25) is 0 Å². The van der Waals surface area contributed by atoms with Gasteiger partial charge >= 0.3 is 14.5 Å². The lowest BCUT2D eigenvalue weighted by Gasteiger charge is -2.07. The fourth-order valence-corrected chi connectivity index (χ4v) is 1.83. The Morgan fingerprint density at radius 3 is 1.63 bits per heavy atom. The number of phosphoric acid groups is 1. The highest BCUT2D eigenvalue weighted by Crippen LogP contribution is 2.36. The van der Waals surface area contributed by atoms with Crippen molar-refractivity contribution < 1.29 is 33.6 Å². The van der Waals surface area contributed by atoms with E-state index in [-0.39, 0.29) is 0 Å². The predicted molar refractivity (Wildman–Crippen MR) is 76.9 cm³/mol. The highest BCUT2D eigenvalue weighted by atomic mass is 32.5. The van der Waals surface area contributed by atoms with Crippen LogP contribution >= 0.6 is 14.5 Å². The Labute approximate surface area is 119 Å². The van der Waals surface area contributed by atoms with Gasteiger partial charge in [0.05, 0.1) is 6.61 Å². The minimum Gasteiger partial charge on any atom is -0.325 e. The smallest absolute Gasteiger partial charge is 0.325 e. The van der Waals surface area contributed by atoms with Crippen LogP contribution in [0.2, 0.25) is 0 Å². The van der Waals surface area contributed by atoms with Crippen molar-refractivity contribution in [2.45, 2.75) is 51.9 Å². The first-order valence-corrected chi connectivity index (χ1v) is 10.2. The van der Waals surface area contributed by atoms with Crippen LogP contribution in [0.3, 0.4) is 0 Å². The molecular formula is C9H24O7P2S. The quantitative estimate of drug-likeness (QED) is 0.319. The number of unbranched alkanes of at least 4 members (excludes halogenated alkanes) is 6. The van der Waals surface area contributed by atoms with Gasteiger partial charge in [-0.1, -0.05) is 45.4 Å². The van der Waals surface area contributed by atoms with Gasteiger partial charge in [-0.3, -0.25) is 0 Å². The molecule has 0 rings (SSSR count). The van der Waals surface area contributed by atoms with Gasteiger partial charge in [-0.2, -0.15) is 0 Å². The average molecular weight is 338 g/mol. The molecule has 0 heterocycles. The normalized spacial score (nSPS) is 11.9. The Balaban J connectivity index is 0. The molecule has 0 bridgehead atoms. The van der Waals surface area contributed by atoms with Crippen LogP contribution in [0, 0.1) is 0 Å². The summed E-state index contributed by atoms with van der Waals surface area (Å²) in [6.07, 6.45) is 8.29. The van der Waals surface area contributed by atoms with Crippen LogP contribution in [-0.4, -0.2) is 31.1 Å². The maximum absolute atomic E-state index is 8.88. The molecule has 0 aromatic carbocycles. The summed E-state index contributed by atoms with van der Waals surface area (Å²) in [5, 5.41) is 0. The minimum absolute atomic E-state index is 0.373. The van der Waals surface area contributed by atoms with Crippen LogP contribution in [0.25, 0.3) is 0 Å². The number of hydrogen-bond acceptors (Lipinski definition) is 3. The molecule has 0 aromatic rings. The van der Waals surface area contributed by atoms with Crippen molar-refractivity contribution in [3.05, 3.63) is 0 Å². The summed E-state index contributed by atoms with van der Waals surface area (Å²) in [6, 6.07) is 0. The molecule has 7 nitrogen and oxygen atoms in total. The van der Waals surface area contributed by atoms with Gasteiger partial charge in [0.1, 0.15) is 0 Å². The zero-order chi connectivity index (χ0) is 15.4. The summed E-state index contributed by atoms with van der Waals surface area (Å²) in [7, 11) is -4.64. The second-order valence-electron chi connectivity index (χ2n) is 3.96. The van der Waals surface area contributed by atoms with Gasteiger partial charge in [0.15, 0.2) is 0 Å². The second kappa shape index (κ2) is 12.4. The Bertz CT molecular complexity index is 280. The van der Waals surface area contributed by atoms with Crippen LogP contribution in [0.15, 0.2) is 0 Å². The molecule has 0 fully saturated rings. The molecule has 0 amide bonds. The van der Waals surface area contributed by atoms with E-state index in [1.54, 1.807) is 0 Å². The first-order valence-electron chi connectivity index (χ1n) is 6.04. The Hall–Kier alpha value is 0.640. The zero-order valence-electron chi connectivity index (χ0n) is 11.0. The summed E-state index contributed by atoms with van der Waals surface area (Å²) in [4.78, 5) is 39.1. The largest absolute Gasteiger partial charge is 0.466 e. The number of rotatable bonds is 9. The van der Waals surface area contributed by atoms with Crippen molar-refractivity contribution in [2.24, 2.45) is 0 Å². The van der Waals surface area contributed by atoms with Gasteiger partial charge < -0.3 is 29.0 Å². The summed E-state index contributed by atoms with van der Waals surface area (Å²) in [5.41, 5.74) is 0. The molecule has 5 N–H and O–H groups in total. The lowest BCUT2D eigenvalue weighted by atomic mass is 10.1. The number of hydrogen-bond donors (Lipinski definition) is 5. The molecule has 0 atom stereocenters. The van der Waals surface area contributed by atoms with E-state index in [2.05, 4.69) is 18.7 Å². The third-order valence-corrected chi connectivity index (χ3v) is 2.84. The van der Waals surface area contributed by atoms with Crippen molar-refractivity contribution in [3.8, 4) is 0 Å². The molecule has 0 saturated heterocycles.